The highest BCUT2D eigenvalue weighted by molar-refractivity contribution is 14.1. The van der Waals surface area contributed by atoms with E-state index in [1.165, 1.54) is 0 Å². The van der Waals surface area contributed by atoms with E-state index in [1.807, 2.05) is 11.4 Å². The number of thiophene rings is 1. The molecule has 0 amide bonds. The van der Waals surface area contributed by atoms with Crippen molar-refractivity contribution in [2.45, 2.75) is 0 Å². The summed E-state index contributed by atoms with van der Waals surface area (Å²) in [6, 6.07) is 3.69. The standard InChI is InChI=1S/C8H4BrIOS/c9-7-5(10)3-6(11)4-1-2-12-8(4)7/h1-3,11H. The molecule has 0 aliphatic carbocycles. The zero-order valence-corrected chi connectivity index (χ0v) is 10.4. The van der Waals surface area contributed by atoms with Gasteiger partial charge in [-0.15, -0.1) is 11.3 Å². The minimum atomic E-state index is 0.360. The van der Waals surface area contributed by atoms with Crippen LogP contribution in [0.15, 0.2) is 22.0 Å². The summed E-state index contributed by atoms with van der Waals surface area (Å²) in [6.07, 6.45) is 0. The monoisotopic (exact) mass is 354 g/mol. The average Bonchev–Trinajstić information content (AvgIpc) is 2.48. The van der Waals surface area contributed by atoms with Gasteiger partial charge in [0.2, 0.25) is 0 Å². The van der Waals surface area contributed by atoms with Crippen LogP contribution in [0.2, 0.25) is 0 Å². The zero-order valence-electron chi connectivity index (χ0n) is 5.84. The van der Waals surface area contributed by atoms with Crippen molar-refractivity contribution in [2.24, 2.45) is 0 Å². The third kappa shape index (κ3) is 1.25. The summed E-state index contributed by atoms with van der Waals surface area (Å²) in [7, 11) is 0. The Morgan fingerprint density at radius 3 is 3.00 bits per heavy atom. The van der Waals surface area contributed by atoms with Gasteiger partial charge >= 0.3 is 0 Å². The third-order valence-electron chi connectivity index (χ3n) is 1.61. The van der Waals surface area contributed by atoms with Gasteiger partial charge in [-0.1, -0.05) is 0 Å². The summed E-state index contributed by atoms with van der Waals surface area (Å²) in [4.78, 5) is 0. The molecule has 4 heteroatoms. The summed E-state index contributed by atoms with van der Waals surface area (Å²) in [5.41, 5.74) is 0. The van der Waals surface area contributed by atoms with Crippen LogP contribution in [0.3, 0.4) is 0 Å². The van der Waals surface area contributed by atoms with Gasteiger partial charge in [-0.05, 0) is 56.0 Å². The maximum absolute atomic E-state index is 9.55. The molecule has 0 aliphatic rings. The molecule has 0 unspecified atom stereocenters. The van der Waals surface area contributed by atoms with Crippen LogP contribution in [0.4, 0.5) is 0 Å². The van der Waals surface area contributed by atoms with Crippen LogP contribution in [0.25, 0.3) is 10.1 Å². The Balaban J connectivity index is 2.97. The van der Waals surface area contributed by atoms with E-state index < -0.39 is 0 Å². The predicted octanol–water partition coefficient (Wildman–Crippen LogP) is 3.97. The minimum Gasteiger partial charge on any atom is -0.507 e. The van der Waals surface area contributed by atoms with E-state index in [0.29, 0.717) is 5.75 Å². The van der Waals surface area contributed by atoms with Crippen LogP contribution in [0, 0.1) is 3.57 Å². The van der Waals surface area contributed by atoms with Crippen molar-refractivity contribution in [3.05, 3.63) is 25.6 Å². The molecule has 12 heavy (non-hydrogen) atoms. The Hall–Kier alpha value is 0.190. The first kappa shape index (κ1) is 8.77. The molecule has 2 rings (SSSR count). The highest BCUT2D eigenvalue weighted by Gasteiger charge is 2.08. The lowest BCUT2D eigenvalue weighted by Crippen LogP contribution is -1.75. The van der Waals surface area contributed by atoms with Gasteiger partial charge in [0.05, 0.1) is 4.70 Å². The smallest absolute Gasteiger partial charge is 0.125 e. The maximum atomic E-state index is 9.55. The molecule has 1 nitrogen and oxygen atoms in total. The molecule has 0 bridgehead atoms. The summed E-state index contributed by atoms with van der Waals surface area (Å²) in [5.74, 6) is 0.360. The molecule has 2 aromatic rings. The van der Waals surface area contributed by atoms with Crippen molar-refractivity contribution in [3.63, 3.8) is 0 Å². The van der Waals surface area contributed by atoms with Crippen LogP contribution < -0.4 is 0 Å². The molecule has 0 saturated carbocycles. The quantitative estimate of drug-likeness (QED) is 0.709. The van der Waals surface area contributed by atoms with Gasteiger partial charge in [-0.3, -0.25) is 0 Å². The summed E-state index contributed by atoms with van der Waals surface area (Å²) < 4.78 is 3.23. The summed E-state index contributed by atoms with van der Waals surface area (Å²) >= 11 is 7.31. The highest BCUT2D eigenvalue weighted by Crippen LogP contribution is 2.38. The zero-order chi connectivity index (χ0) is 8.72. The molecular formula is C8H4BrIOS. The van der Waals surface area contributed by atoms with E-state index in [-0.39, 0.29) is 0 Å². The van der Waals surface area contributed by atoms with Crippen molar-refractivity contribution in [1.29, 1.82) is 0 Å². The number of fused-ring (bicyclic) bond motifs is 1. The largest absolute Gasteiger partial charge is 0.507 e. The first-order chi connectivity index (χ1) is 5.70. The second kappa shape index (κ2) is 3.16. The Morgan fingerprint density at radius 2 is 2.25 bits per heavy atom. The first-order valence-corrected chi connectivity index (χ1v) is 5.99. The average molecular weight is 355 g/mol. The second-order valence-corrected chi connectivity index (χ2v) is 5.23. The number of hydrogen-bond acceptors (Lipinski definition) is 2. The minimum absolute atomic E-state index is 0.360. The van der Waals surface area contributed by atoms with E-state index in [2.05, 4.69) is 38.5 Å². The predicted molar refractivity (Wildman–Crippen MR) is 63.9 cm³/mol. The van der Waals surface area contributed by atoms with E-state index >= 15 is 0 Å². The van der Waals surface area contributed by atoms with Crippen LogP contribution >= 0.6 is 49.9 Å². The normalized spacial score (nSPS) is 10.8. The SMILES string of the molecule is Oc1cc(I)c(Br)c2sccc12. The van der Waals surface area contributed by atoms with Gasteiger partial charge in [0, 0.05) is 13.4 Å². The van der Waals surface area contributed by atoms with Crippen LogP contribution in [-0.4, -0.2) is 5.11 Å². The molecule has 0 saturated heterocycles. The molecule has 1 heterocycles. The van der Waals surface area contributed by atoms with E-state index in [0.717, 1.165) is 18.1 Å². The van der Waals surface area contributed by atoms with Gasteiger partial charge in [0.1, 0.15) is 5.75 Å². The van der Waals surface area contributed by atoms with Crippen molar-refractivity contribution >= 4 is 59.9 Å². The number of phenolic OH excluding ortho intramolecular Hbond substituents is 1. The van der Waals surface area contributed by atoms with Crippen molar-refractivity contribution in [2.75, 3.05) is 0 Å². The molecule has 1 aromatic carbocycles. The maximum Gasteiger partial charge on any atom is 0.125 e. The van der Waals surface area contributed by atoms with Gasteiger partial charge in [0.25, 0.3) is 0 Å². The summed E-state index contributed by atoms with van der Waals surface area (Å²) in [6.45, 7) is 0. The Kier molecular flexibility index (Phi) is 2.31. The molecule has 0 atom stereocenters. The molecule has 1 N–H and O–H groups in total. The number of hydrogen-bond donors (Lipinski definition) is 1. The Bertz CT molecular complexity index is 438. The lowest BCUT2D eigenvalue weighted by atomic mass is 10.2. The molecule has 0 fully saturated rings. The second-order valence-electron chi connectivity index (χ2n) is 2.35. The number of phenols is 1. The van der Waals surface area contributed by atoms with Crippen LogP contribution in [0.5, 0.6) is 5.75 Å². The lowest BCUT2D eigenvalue weighted by Gasteiger charge is -2.00. The molecular weight excluding hydrogens is 351 g/mol. The molecule has 1 aromatic heterocycles. The number of benzene rings is 1. The first-order valence-electron chi connectivity index (χ1n) is 3.24. The van der Waals surface area contributed by atoms with Crippen molar-refractivity contribution < 1.29 is 5.11 Å². The fourth-order valence-electron chi connectivity index (χ4n) is 1.05. The van der Waals surface area contributed by atoms with Crippen molar-refractivity contribution in [1.82, 2.24) is 0 Å². The molecule has 62 valence electrons. The van der Waals surface area contributed by atoms with E-state index in [4.69, 9.17) is 0 Å². The Labute approximate surface area is 95.7 Å². The van der Waals surface area contributed by atoms with Gasteiger partial charge in [0.15, 0.2) is 0 Å². The van der Waals surface area contributed by atoms with E-state index in [9.17, 15) is 5.11 Å². The molecule has 0 radical (unpaired) electrons. The molecule has 0 aliphatic heterocycles. The topological polar surface area (TPSA) is 20.2 Å². The number of rotatable bonds is 0. The van der Waals surface area contributed by atoms with Gasteiger partial charge < -0.3 is 5.11 Å². The highest BCUT2D eigenvalue weighted by atomic mass is 127. The van der Waals surface area contributed by atoms with Gasteiger partial charge in [-0.25, -0.2) is 0 Å². The summed E-state index contributed by atoms with van der Waals surface area (Å²) in [5, 5.41) is 12.4. The van der Waals surface area contributed by atoms with Crippen LogP contribution in [-0.2, 0) is 0 Å². The lowest BCUT2D eigenvalue weighted by molar-refractivity contribution is 0.481. The molecule has 0 spiro atoms. The fourth-order valence-corrected chi connectivity index (χ4v) is 3.26. The van der Waals surface area contributed by atoms with Crippen molar-refractivity contribution in [3.8, 4) is 5.75 Å². The van der Waals surface area contributed by atoms with Crippen LogP contribution in [0.1, 0.15) is 0 Å². The fraction of sp³-hybridized carbons (Fsp3) is 0. The third-order valence-corrected chi connectivity index (χ3v) is 5.22. The number of aromatic hydroxyl groups is 1. The van der Waals surface area contributed by atoms with E-state index in [1.54, 1.807) is 17.4 Å². The van der Waals surface area contributed by atoms with Gasteiger partial charge in [-0.2, -0.15) is 0 Å². The Morgan fingerprint density at radius 1 is 1.50 bits per heavy atom. The number of halogens is 2.